The zero-order valence-corrected chi connectivity index (χ0v) is 17.7. The van der Waals surface area contributed by atoms with Gasteiger partial charge in [0.1, 0.15) is 17.3 Å². The number of furan rings is 1. The predicted octanol–water partition coefficient (Wildman–Crippen LogP) is 3.70. The van der Waals surface area contributed by atoms with Crippen LogP contribution < -0.4 is 10.8 Å². The van der Waals surface area contributed by atoms with Gasteiger partial charge in [-0.3, -0.25) is 19.2 Å². The largest absolute Gasteiger partial charge is 0.433 e. The summed E-state index contributed by atoms with van der Waals surface area (Å²) in [7, 11) is -3.45. The van der Waals surface area contributed by atoms with Gasteiger partial charge in [0.25, 0.3) is 0 Å². The molecule has 0 bridgehead atoms. The number of rotatable bonds is 15. The van der Waals surface area contributed by atoms with E-state index in [2.05, 4.69) is 5.09 Å². The van der Waals surface area contributed by atoms with Gasteiger partial charge in [0, 0.05) is 37.4 Å². The van der Waals surface area contributed by atoms with E-state index in [0.717, 1.165) is 19.3 Å². The quantitative estimate of drug-likeness (QED) is 0.138. The number of nitrogens with one attached hydrogen (secondary N) is 1. The Balaban J connectivity index is 2.75. The summed E-state index contributed by atoms with van der Waals surface area (Å²) in [5.74, 6) is 0.314. The summed E-state index contributed by atoms with van der Waals surface area (Å²) in [6, 6.07) is 2.76. The summed E-state index contributed by atoms with van der Waals surface area (Å²) < 4.78 is 25.6. The van der Waals surface area contributed by atoms with E-state index in [1.165, 1.54) is 12.1 Å². The van der Waals surface area contributed by atoms with Crippen LogP contribution in [0.4, 0.5) is 5.88 Å². The maximum Gasteiger partial charge on any atom is 0.433 e. The Hall–Kier alpha value is -0.670. The topological polar surface area (TPSA) is 124 Å². The molecule has 2 unspecified atom stereocenters. The Bertz CT molecular complexity index is 611. The molecule has 0 amide bonds. The molecule has 9 nitrogen and oxygen atoms in total. The number of nitro groups is 1. The maximum absolute atomic E-state index is 13.4. The molecule has 0 fully saturated rings. The van der Waals surface area contributed by atoms with Crippen LogP contribution in [0, 0.1) is 10.1 Å². The van der Waals surface area contributed by atoms with Crippen LogP contribution in [0.25, 0.3) is 0 Å². The lowest BCUT2D eigenvalue weighted by atomic mass is 10.1. The summed E-state index contributed by atoms with van der Waals surface area (Å²) in [6.07, 6.45) is 2.53. The minimum absolute atomic E-state index is 0.117. The van der Waals surface area contributed by atoms with Gasteiger partial charge < -0.3 is 10.2 Å². The molecule has 0 saturated heterocycles. The summed E-state index contributed by atoms with van der Waals surface area (Å²) >= 11 is 11.6. The molecule has 0 spiro atoms. The van der Waals surface area contributed by atoms with E-state index in [1.807, 2.05) is 6.92 Å². The van der Waals surface area contributed by atoms with Gasteiger partial charge >= 0.3 is 13.6 Å². The Labute approximate surface area is 169 Å². The number of alkyl halides is 2. The van der Waals surface area contributed by atoms with Crippen molar-refractivity contribution >= 4 is 36.8 Å². The van der Waals surface area contributed by atoms with E-state index in [9.17, 15) is 14.7 Å². The van der Waals surface area contributed by atoms with Gasteiger partial charge in [-0.15, -0.1) is 23.2 Å². The van der Waals surface area contributed by atoms with Crippen LogP contribution in [0.2, 0.25) is 0 Å². The van der Waals surface area contributed by atoms with E-state index in [-0.39, 0.29) is 30.2 Å². The van der Waals surface area contributed by atoms with E-state index >= 15 is 0 Å². The third-order valence-electron chi connectivity index (χ3n) is 3.66. The normalized spacial score (nSPS) is 15.0. The van der Waals surface area contributed by atoms with Crippen LogP contribution in [0.3, 0.4) is 0 Å². The van der Waals surface area contributed by atoms with Crippen molar-refractivity contribution in [2.45, 2.75) is 38.8 Å². The van der Waals surface area contributed by atoms with E-state index in [1.54, 1.807) is 4.67 Å². The van der Waals surface area contributed by atoms with Gasteiger partial charge in [-0.1, -0.05) is 6.42 Å². The fourth-order valence-electron chi connectivity index (χ4n) is 2.30. The molecule has 1 rings (SSSR count). The smallest absolute Gasteiger partial charge is 0.403 e. The minimum Gasteiger partial charge on any atom is -0.403 e. The molecule has 1 aromatic rings. The molecule has 2 atom stereocenters. The SMILES string of the molecule is CC(N)CCCCNP(=O)(OCc1ccc([N+](=O)[O-])o1)N(CCCl)CCCl. The second-order valence-corrected chi connectivity index (χ2v) is 8.94. The molecule has 0 radical (unpaired) electrons. The van der Waals surface area contributed by atoms with Gasteiger partial charge in [-0.25, -0.2) is 9.76 Å². The van der Waals surface area contributed by atoms with Crippen LogP contribution in [-0.4, -0.2) is 47.0 Å². The lowest BCUT2D eigenvalue weighted by Gasteiger charge is -2.30. The lowest BCUT2D eigenvalue weighted by molar-refractivity contribution is -0.402. The first kappa shape index (κ1) is 24.4. The van der Waals surface area contributed by atoms with Gasteiger partial charge in [0.15, 0.2) is 0 Å². The van der Waals surface area contributed by atoms with Crippen LogP contribution in [-0.2, 0) is 15.7 Å². The zero-order valence-electron chi connectivity index (χ0n) is 15.3. The van der Waals surface area contributed by atoms with Crippen molar-refractivity contribution in [1.29, 1.82) is 0 Å². The summed E-state index contributed by atoms with van der Waals surface area (Å²) in [6.45, 7) is 2.85. The molecule has 0 aliphatic rings. The Morgan fingerprint density at radius 3 is 2.56 bits per heavy atom. The average molecular weight is 445 g/mol. The zero-order chi connectivity index (χ0) is 20.3. The highest BCUT2D eigenvalue weighted by molar-refractivity contribution is 7.54. The average Bonchev–Trinajstić information content (AvgIpc) is 3.09. The van der Waals surface area contributed by atoms with Crippen molar-refractivity contribution in [3.63, 3.8) is 0 Å². The third-order valence-corrected chi connectivity index (χ3v) is 6.25. The van der Waals surface area contributed by atoms with Crippen molar-refractivity contribution < 1.29 is 18.4 Å². The molecule has 1 aromatic heterocycles. The second-order valence-electron chi connectivity index (χ2n) is 6.00. The molecule has 1 heterocycles. The highest BCUT2D eigenvalue weighted by Crippen LogP contribution is 2.47. The molecule has 156 valence electrons. The number of nitrogens with two attached hydrogens (primary N) is 1. The van der Waals surface area contributed by atoms with Gasteiger partial charge in [-0.2, -0.15) is 0 Å². The van der Waals surface area contributed by atoms with Crippen molar-refractivity contribution in [1.82, 2.24) is 9.76 Å². The molecule has 12 heteroatoms. The van der Waals surface area contributed by atoms with Crippen LogP contribution in [0.5, 0.6) is 0 Å². The molecule has 3 N–H and O–H groups in total. The molecule has 27 heavy (non-hydrogen) atoms. The molecule has 0 aromatic carbocycles. The fourth-order valence-corrected chi connectivity index (χ4v) is 4.87. The Kier molecular flexibility index (Phi) is 11.5. The predicted molar refractivity (Wildman–Crippen MR) is 106 cm³/mol. The molecule has 0 aliphatic heterocycles. The minimum atomic E-state index is -3.45. The second kappa shape index (κ2) is 12.7. The van der Waals surface area contributed by atoms with Crippen molar-refractivity contribution in [3.8, 4) is 0 Å². The number of nitrogens with zero attached hydrogens (tertiary/aromatic N) is 2. The number of unbranched alkanes of at least 4 members (excludes halogenated alkanes) is 1. The fraction of sp³-hybridized carbons (Fsp3) is 0.733. The summed E-state index contributed by atoms with van der Waals surface area (Å²) in [5.41, 5.74) is 5.73. The molecule has 0 saturated carbocycles. The first-order valence-electron chi connectivity index (χ1n) is 8.68. The number of hydrogen-bond donors (Lipinski definition) is 2. The van der Waals surface area contributed by atoms with Crippen molar-refractivity contribution in [2.75, 3.05) is 31.4 Å². The maximum atomic E-state index is 13.4. The van der Waals surface area contributed by atoms with Crippen LogP contribution in [0.15, 0.2) is 16.5 Å². The highest BCUT2D eigenvalue weighted by atomic mass is 35.5. The van der Waals surface area contributed by atoms with Crippen molar-refractivity contribution in [2.24, 2.45) is 5.73 Å². The van der Waals surface area contributed by atoms with E-state index in [4.69, 9.17) is 37.9 Å². The highest BCUT2D eigenvalue weighted by Gasteiger charge is 2.31. The first-order chi connectivity index (χ1) is 12.8. The van der Waals surface area contributed by atoms with E-state index in [0.29, 0.717) is 19.6 Å². The number of halogens is 2. The van der Waals surface area contributed by atoms with Crippen molar-refractivity contribution in [3.05, 3.63) is 28.0 Å². The Morgan fingerprint density at radius 2 is 2.04 bits per heavy atom. The Morgan fingerprint density at radius 1 is 1.37 bits per heavy atom. The lowest BCUT2D eigenvalue weighted by Crippen LogP contribution is -2.33. The van der Waals surface area contributed by atoms with Gasteiger partial charge in [0.2, 0.25) is 0 Å². The van der Waals surface area contributed by atoms with E-state index < -0.39 is 18.5 Å². The van der Waals surface area contributed by atoms with Gasteiger partial charge in [0.05, 0.1) is 6.07 Å². The first-order valence-corrected chi connectivity index (χ1v) is 11.3. The summed E-state index contributed by atoms with van der Waals surface area (Å²) in [4.78, 5) is 10.1. The van der Waals surface area contributed by atoms with Gasteiger partial charge in [-0.05, 0) is 25.8 Å². The monoisotopic (exact) mass is 444 g/mol. The molecular weight excluding hydrogens is 418 g/mol. The third kappa shape index (κ3) is 8.91. The number of hydrogen-bond acceptors (Lipinski definition) is 6. The van der Waals surface area contributed by atoms with Crippen LogP contribution >= 0.6 is 30.9 Å². The molecule has 0 aliphatic carbocycles. The standard InChI is InChI=1S/C15H27Cl2N4O5P/c1-13(18)4-2-3-9-19-27(24,20(10-7-16)11-8-17)25-12-14-5-6-15(26-14)21(22)23/h5-6,13H,2-4,7-12,18H2,1H3,(H,19,24). The summed E-state index contributed by atoms with van der Waals surface area (Å²) in [5, 5.41) is 13.7. The molecular formula is C15H27Cl2N4O5P. The van der Waals surface area contributed by atoms with Crippen LogP contribution in [0.1, 0.15) is 31.9 Å².